The third-order valence-electron chi connectivity index (χ3n) is 8.25. The van der Waals surface area contributed by atoms with E-state index in [0.29, 0.717) is 26.2 Å². The van der Waals surface area contributed by atoms with E-state index >= 15 is 0 Å². The van der Waals surface area contributed by atoms with Crippen LogP contribution in [0.4, 0.5) is 0 Å². The van der Waals surface area contributed by atoms with Crippen molar-refractivity contribution in [2.75, 3.05) is 33.2 Å². The Morgan fingerprint density at radius 2 is 1.74 bits per heavy atom. The van der Waals surface area contributed by atoms with Gasteiger partial charge in [-0.15, -0.1) is 0 Å². The second-order valence-electron chi connectivity index (χ2n) is 10.1. The normalized spacial score (nSPS) is 31.4. The summed E-state index contributed by atoms with van der Waals surface area (Å²) in [4.78, 5) is 3.88. The number of hydrogen-bond acceptors (Lipinski definition) is 6. The Morgan fingerprint density at radius 3 is 2.43 bits per heavy atom. The SMILES string of the molecule is Cc1cccc(-c2ccc([C@@H]3[C@@H](O)N4C/C=C\CN(S(=O)(=O)C5CNC(C)N5C)C[C@@H]34)cc2)c1C. The fourth-order valence-electron chi connectivity index (χ4n) is 5.69. The minimum Gasteiger partial charge on any atom is -0.378 e. The van der Waals surface area contributed by atoms with Gasteiger partial charge in [-0.1, -0.05) is 54.6 Å². The lowest BCUT2D eigenvalue weighted by molar-refractivity contribution is -0.139. The van der Waals surface area contributed by atoms with Gasteiger partial charge in [0.05, 0.1) is 6.17 Å². The number of aliphatic hydroxyl groups is 1. The van der Waals surface area contributed by atoms with Crippen LogP contribution < -0.4 is 5.32 Å². The van der Waals surface area contributed by atoms with Gasteiger partial charge in [-0.05, 0) is 55.6 Å². The average Bonchev–Trinajstić information content (AvgIpc) is 3.16. The lowest BCUT2D eigenvalue weighted by atomic mass is 9.79. The van der Waals surface area contributed by atoms with Crippen LogP contribution in [0.3, 0.4) is 0 Å². The fraction of sp³-hybridized carbons (Fsp3) is 0.481. The van der Waals surface area contributed by atoms with Crippen LogP contribution in [-0.2, 0) is 10.0 Å². The Morgan fingerprint density at radius 1 is 1.03 bits per heavy atom. The number of rotatable bonds is 4. The summed E-state index contributed by atoms with van der Waals surface area (Å²) in [6.45, 7) is 8.01. The molecule has 0 aromatic heterocycles. The maximum absolute atomic E-state index is 13.6. The zero-order valence-corrected chi connectivity index (χ0v) is 21.7. The first-order valence-electron chi connectivity index (χ1n) is 12.4. The van der Waals surface area contributed by atoms with Gasteiger partial charge in [0, 0.05) is 38.1 Å². The van der Waals surface area contributed by atoms with E-state index in [9.17, 15) is 13.5 Å². The molecule has 2 aromatic carbocycles. The number of likely N-dealkylation sites (N-methyl/N-ethyl adjacent to an activating group) is 1. The summed E-state index contributed by atoms with van der Waals surface area (Å²) in [7, 11) is -1.69. The molecule has 0 amide bonds. The monoisotopic (exact) mass is 496 g/mol. The number of hydrogen-bond donors (Lipinski definition) is 2. The van der Waals surface area contributed by atoms with E-state index < -0.39 is 21.6 Å². The Hall–Kier alpha value is -2.07. The van der Waals surface area contributed by atoms with Crippen molar-refractivity contribution in [2.24, 2.45) is 0 Å². The molecular formula is C27H36N4O3S. The van der Waals surface area contributed by atoms with Crippen LogP contribution in [-0.4, -0.2) is 84.7 Å². The second kappa shape index (κ2) is 9.42. The number of benzene rings is 2. The van der Waals surface area contributed by atoms with Crippen molar-refractivity contribution < 1.29 is 13.5 Å². The van der Waals surface area contributed by atoms with Gasteiger partial charge >= 0.3 is 0 Å². The van der Waals surface area contributed by atoms with Crippen LogP contribution in [0.25, 0.3) is 11.1 Å². The third-order valence-corrected chi connectivity index (χ3v) is 10.5. The Kier molecular flexibility index (Phi) is 6.63. The molecule has 8 heteroatoms. The van der Waals surface area contributed by atoms with Gasteiger partial charge in [-0.25, -0.2) is 8.42 Å². The van der Waals surface area contributed by atoms with Gasteiger partial charge in [0.1, 0.15) is 11.6 Å². The summed E-state index contributed by atoms with van der Waals surface area (Å²) in [5.74, 6) is -0.134. The van der Waals surface area contributed by atoms with E-state index in [-0.39, 0.29) is 18.1 Å². The molecule has 0 saturated carbocycles. The molecule has 2 aromatic rings. The quantitative estimate of drug-likeness (QED) is 0.634. The van der Waals surface area contributed by atoms with Gasteiger partial charge < -0.3 is 5.11 Å². The third kappa shape index (κ3) is 4.26. The fourth-order valence-corrected chi connectivity index (χ4v) is 7.59. The van der Waals surface area contributed by atoms with Crippen molar-refractivity contribution in [1.82, 2.24) is 19.4 Å². The van der Waals surface area contributed by atoms with Crippen LogP contribution >= 0.6 is 0 Å². The summed E-state index contributed by atoms with van der Waals surface area (Å²) in [5, 5.41) is 13.7. The van der Waals surface area contributed by atoms with Crippen molar-refractivity contribution >= 4 is 10.0 Å². The first-order valence-corrected chi connectivity index (χ1v) is 13.9. The number of nitrogens with one attached hydrogen (secondary N) is 1. The predicted molar refractivity (Wildman–Crippen MR) is 139 cm³/mol. The molecule has 188 valence electrons. The molecule has 5 rings (SSSR count). The lowest BCUT2D eigenvalue weighted by Crippen LogP contribution is -2.66. The van der Waals surface area contributed by atoms with Crippen LogP contribution in [0.1, 0.15) is 29.5 Å². The highest BCUT2D eigenvalue weighted by Crippen LogP contribution is 2.41. The molecule has 0 bridgehead atoms. The maximum Gasteiger partial charge on any atom is 0.232 e. The molecule has 0 aliphatic carbocycles. The topological polar surface area (TPSA) is 76.1 Å². The molecule has 2 unspecified atom stereocenters. The van der Waals surface area contributed by atoms with E-state index in [1.54, 1.807) is 4.31 Å². The Bertz CT molecular complexity index is 1210. The zero-order valence-electron chi connectivity index (χ0n) is 20.9. The van der Waals surface area contributed by atoms with Crippen molar-refractivity contribution in [3.8, 4) is 11.1 Å². The van der Waals surface area contributed by atoms with E-state index in [4.69, 9.17) is 0 Å². The highest BCUT2D eigenvalue weighted by atomic mass is 32.2. The van der Waals surface area contributed by atoms with Crippen LogP contribution in [0, 0.1) is 13.8 Å². The van der Waals surface area contributed by atoms with Gasteiger partial charge in [0.25, 0.3) is 0 Å². The number of aliphatic hydroxyl groups excluding tert-OH is 1. The van der Waals surface area contributed by atoms with E-state index in [1.165, 1.54) is 16.7 Å². The summed E-state index contributed by atoms with van der Waals surface area (Å²) < 4.78 is 28.8. The van der Waals surface area contributed by atoms with Crippen molar-refractivity contribution in [3.05, 3.63) is 71.3 Å². The molecule has 3 aliphatic heterocycles. The van der Waals surface area contributed by atoms with Crippen LogP contribution in [0.15, 0.2) is 54.6 Å². The van der Waals surface area contributed by atoms with Gasteiger partial charge in [0.2, 0.25) is 10.0 Å². The molecule has 0 spiro atoms. The summed E-state index contributed by atoms with van der Waals surface area (Å²) in [6, 6.07) is 14.7. The molecule has 3 heterocycles. The number of sulfonamides is 1. The highest BCUT2D eigenvalue weighted by Gasteiger charge is 2.51. The van der Waals surface area contributed by atoms with Crippen LogP contribution in [0.5, 0.6) is 0 Å². The highest BCUT2D eigenvalue weighted by molar-refractivity contribution is 7.89. The van der Waals surface area contributed by atoms with E-state index in [0.717, 1.165) is 11.1 Å². The second-order valence-corrected chi connectivity index (χ2v) is 12.2. The summed E-state index contributed by atoms with van der Waals surface area (Å²) in [5.41, 5.74) is 5.94. The maximum atomic E-state index is 13.6. The molecular weight excluding hydrogens is 460 g/mol. The Labute approximate surface area is 209 Å². The first kappa shape index (κ1) is 24.6. The Balaban J connectivity index is 1.40. The van der Waals surface area contributed by atoms with Gasteiger partial charge in [-0.2, -0.15) is 4.31 Å². The molecule has 2 saturated heterocycles. The largest absolute Gasteiger partial charge is 0.378 e. The average molecular weight is 497 g/mol. The van der Waals surface area contributed by atoms with E-state index in [1.807, 2.05) is 35.9 Å². The minimum absolute atomic E-state index is 0.0189. The molecule has 2 N–H and O–H groups in total. The predicted octanol–water partition coefficient (Wildman–Crippen LogP) is 2.47. The first-order chi connectivity index (χ1) is 16.7. The standard InChI is InChI=1S/C27H36N4O3S/c1-18-8-7-9-23(19(18)2)21-10-12-22(13-11-21)26-24-17-30(14-5-6-15-31(24)27(26)32)35(33,34)25-16-28-20(3)29(25)4/h5-13,20,24-28,32H,14-17H2,1-4H3/b6-5-/t20?,24-,25?,26-,27+/m0/s1. The molecule has 0 radical (unpaired) electrons. The molecule has 35 heavy (non-hydrogen) atoms. The van der Waals surface area contributed by atoms with Gasteiger partial charge in [0.15, 0.2) is 0 Å². The molecule has 2 fully saturated rings. The van der Waals surface area contributed by atoms with Crippen molar-refractivity contribution in [1.29, 1.82) is 0 Å². The molecule has 5 atom stereocenters. The zero-order chi connectivity index (χ0) is 24.9. The number of aryl methyl sites for hydroxylation is 1. The summed E-state index contributed by atoms with van der Waals surface area (Å²) >= 11 is 0. The molecule has 3 aliphatic rings. The minimum atomic E-state index is -3.54. The summed E-state index contributed by atoms with van der Waals surface area (Å²) in [6.07, 6.45) is 3.26. The smallest absolute Gasteiger partial charge is 0.232 e. The number of nitrogens with zero attached hydrogens (tertiary/aromatic N) is 3. The molecule has 7 nitrogen and oxygen atoms in total. The van der Waals surface area contributed by atoms with Crippen molar-refractivity contribution in [2.45, 2.75) is 50.5 Å². The lowest BCUT2D eigenvalue weighted by Gasteiger charge is -2.54. The van der Waals surface area contributed by atoms with E-state index in [2.05, 4.69) is 61.6 Å². The number of fused-ring (bicyclic) bond motifs is 1. The van der Waals surface area contributed by atoms with Crippen molar-refractivity contribution in [3.63, 3.8) is 0 Å². The van der Waals surface area contributed by atoms with Gasteiger partial charge in [-0.3, -0.25) is 15.1 Å². The van der Waals surface area contributed by atoms with Crippen LogP contribution in [0.2, 0.25) is 0 Å².